The lowest BCUT2D eigenvalue weighted by Crippen LogP contribution is -2.16. The maximum atomic E-state index is 14.5. The summed E-state index contributed by atoms with van der Waals surface area (Å²) in [5.41, 5.74) is 4.49. The Morgan fingerprint density at radius 3 is 2.46 bits per heavy atom. The molecule has 0 aliphatic heterocycles. The maximum Gasteiger partial charge on any atom is 0.129 e. The molecular formula is C22H22F2. The highest BCUT2D eigenvalue weighted by atomic mass is 19.1. The largest absolute Gasteiger partial charge is 0.207 e. The second kappa shape index (κ2) is 7.12. The molecular weight excluding hydrogens is 302 g/mol. The van der Waals surface area contributed by atoms with Crippen molar-refractivity contribution in [2.75, 3.05) is 0 Å². The molecule has 3 rings (SSSR count). The highest BCUT2D eigenvalue weighted by Gasteiger charge is 2.25. The van der Waals surface area contributed by atoms with Crippen LogP contribution in [-0.2, 0) is 19.3 Å². The third-order valence-electron chi connectivity index (χ3n) is 4.88. The Bertz CT molecular complexity index is 751. The standard InChI is InChI=1S/C22H22F2/c1-3-5-6-16-12-20(23)22(21(24)13-16)19-10-9-17-11-15(4-2)7-8-18(17)14-19/h3-4,7-8,11-13,19H,1-2,5-6,9-10,14H2. The first-order valence-electron chi connectivity index (χ1n) is 8.45. The summed E-state index contributed by atoms with van der Waals surface area (Å²) >= 11 is 0. The van der Waals surface area contributed by atoms with E-state index in [2.05, 4.69) is 25.3 Å². The number of allylic oxidation sites excluding steroid dienone is 1. The smallest absolute Gasteiger partial charge is 0.129 e. The highest BCUT2D eigenvalue weighted by molar-refractivity contribution is 5.51. The SMILES string of the molecule is C=CCCc1cc(F)c(C2CCc3cc(C=C)ccc3C2)c(F)c1. The van der Waals surface area contributed by atoms with E-state index in [-0.39, 0.29) is 11.5 Å². The number of halogens is 2. The summed E-state index contributed by atoms with van der Waals surface area (Å²) in [6.07, 6.45) is 7.24. The summed E-state index contributed by atoms with van der Waals surface area (Å²) in [4.78, 5) is 0. The van der Waals surface area contributed by atoms with Crippen molar-refractivity contribution in [3.8, 4) is 0 Å². The first-order valence-corrected chi connectivity index (χ1v) is 8.45. The van der Waals surface area contributed by atoms with Gasteiger partial charge in [0.1, 0.15) is 11.6 Å². The van der Waals surface area contributed by atoms with Gasteiger partial charge in [-0.15, -0.1) is 6.58 Å². The van der Waals surface area contributed by atoms with Crippen molar-refractivity contribution < 1.29 is 8.78 Å². The average Bonchev–Trinajstić information content (AvgIpc) is 2.58. The Balaban J connectivity index is 1.87. The predicted octanol–water partition coefficient (Wildman–Crippen LogP) is 6.00. The van der Waals surface area contributed by atoms with E-state index in [1.165, 1.54) is 23.3 Å². The van der Waals surface area contributed by atoms with Gasteiger partial charge in [-0.2, -0.15) is 0 Å². The highest BCUT2D eigenvalue weighted by Crippen LogP contribution is 2.36. The molecule has 1 unspecified atom stereocenters. The van der Waals surface area contributed by atoms with Crippen LogP contribution in [0.2, 0.25) is 0 Å². The lowest BCUT2D eigenvalue weighted by atomic mass is 9.79. The molecule has 0 saturated heterocycles. The van der Waals surface area contributed by atoms with Crippen LogP contribution < -0.4 is 0 Å². The van der Waals surface area contributed by atoms with E-state index in [4.69, 9.17) is 0 Å². The molecule has 0 bridgehead atoms. The molecule has 1 atom stereocenters. The maximum absolute atomic E-state index is 14.5. The minimum Gasteiger partial charge on any atom is -0.207 e. The summed E-state index contributed by atoms with van der Waals surface area (Å²) in [6, 6.07) is 9.17. The van der Waals surface area contributed by atoms with Crippen LogP contribution >= 0.6 is 0 Å². The van der Waals surface area contributed by atoms with Gasteiger partial charge in [0.2, 0.25) is 0 Å². The third-order valence-corrected chi connectivity index (χ3v) is 4.88. The molecule has 0 amide bonds. The van der Waals surface area contributed by atoms with Crippen molar-refractivity contribution >= 4 is 6.08 Å². The monoisotopic (exact) mass is 324 g/mol. The lowest BCUT2D eigenvalue weighted by Gasteiger charge is -2.26. The van der Waals surface area contributed by atoms with Gasteiger partial charge in [-0.25, -0.2) is 8.78 Å². The summed E-state index contributed by atoms with van der Waals surface area (Å²) < 4.78 is 29.1. The molecule has 1 aliphatic carbocycles. The van der Waals surface area contributed by atoms with Crippen LogP contribution in [0.3, 0.4) is 0 Å². The van der Waals surface area contributed by atoms with Crippen molar-refractivity contribution in [1.29, 1.82) is 0 Å². The van der Waals surface area contributed by atoms with Gasteiger partial charge in [-0.1, -0.05) is 36.9 Å². The molecule has 124 valence electrons. The van der Waals surface area contributed by atoms with Crippen LogP contribution in [0.25, 0.3) is 6.08 Å². The van der Waals surface area contributed by atoms with E-state index in [1.807, 2.05) is 12.1 Å². The van der Waals surface area contributed by atoms with E-state index in [0.29, 0.717) is 18.4 Å². The Morgan fingerprint density at radius 1 is 1.04 bits per heavy atom. The van der Waals surface area contributed by atoms with Crippen LogP contribution in [0.1, 0.15) is 46.6 Å². The zero-order valence-corrected chi connectivity index (χ0v) is 13.8. The van der Waals surface area contributed by atoms with Crippen molar-refractivity contribution in [3.05, 3.63) is 89.0 Å². The molecule has 0 spiro atoms. The van der Waals surface area contributed by atoms with Gasteiger partial charge in [0.05, 0.1) is 0 Å². The number of fused-ring (bicyclic) bond motifs is 1. The summed E-state index contributed by atoms with van der Waals surface area (Å²) in [5.74, 6) is -0.920. The number of hydrogen-bond donors (Lipinski definition) is 0. The fourth-order valence-electron chi connectivity index (χ4n) is 3.59. The van der Waals surface area contributed by atoms with Crippen LogP contribution in [0.5, 0.6) is 0 Å². The van der Waals surface area contributed by atoms with Crippen LogP contribution in [-0.4, -0.2) is 0 Å². The van der Waals surface area contributed by atoms with Gasteiger partial charge >= 0.3 is 0 Å². The van der Waals surface area contributed by atoms with Gasteiger partial charge in [0.25, 0.3) is 0 Å². The van der Waals surface area contributed by atoms with Gasteiger partial charge in [0, 0.05) is 5.56 Å². The molecule has 0 saturated carbocycles. The Kier molecular flexibility index (Phi) is 4.94. The molecule has 2 heteroatoms. The van der Waals surface area contributed by atoms with Crippen LogP contribution in [0, 0.1) is 11.6 Å². The number of hydrogen-bond acceptors (Lipinski definition) is 0. The van der Waals surface area contributed by atoms with Gasteiger partial charge in [0.15, 0.2) is 0 Å². The molecule has 24 heavy (non-hydrogen) atoms. The van der Waals surface area contributed by atoms with Crippen LogP contribution in [0.15, 0.2) is 49.6 Å². The molecule has 0 radical (unpaired) electrons. The van der Waals surface area contributed by atoms with Crippen LogP contribution in [0.4, 0.5) is 8.78 Å². The normalized spacial score (nSPS) is 16.5. The van der Waals surface area contributed by atoms with Crippen molar-refractivity contribution in [2.24, 2.45) is 0 Å². The molecule has 2 aromatic rings. The van der Waals surface area contributed by atoms with Crippen molar-refractivity contribution in [3.63, 3.8) is 0 Å². The van der Waals surface area contributed by atoms with E-state index >= 15 is 0 Å². The Morgan fingerprint density at radius 2 is 1.79 bits per heavy atom. The zero-order chi connectivity index (χ0) is 17.1. The van der Waals surface area contributed by atoms with E-state index in [9.17, 15) is 8.78 Å². The number of rotatable bonds is 5. The molecule has 0 nitrogen and oxygen atoms in total. The number of aryl methyl sites for hydroxylation is 2. The van der Waals surface area contributed by atoms with E-state index in [1.54, 1.807) is 6.08 Å². The van der Waals surface area contributed by atoms with Gasteiger partial charge in [-0.3, -0.25) is 0 Å². The average molecular weight is 324 g/mol. The minimum absolute atomic E-state index is 0.0967. The van der Waals surface area contributed by atoms with Gasteiger partial charge < -0.3 is 0 Å². The second-order valence-electron chi connectivity index (χ2n) is 6.47. The van der Waals surface area contributed by atoms with Crippen molar-refractivity contribution in [1.82, 2.24) is 0 Å². The van der Waals surface area contributed by atoms with E-state index in [0.717, 1.165) is 24.8 Å². The topological polar surface area (TPSA) is 0 Å². The molecule has 1 aliphatic rings. The molecule has 0 N–H and O–H groups in total. The summed E-state index contributed by atoms with van der Waals surface area (Å²) in [6.45, 7) is 7.44. The molecule has 0 heterocycles. The van der Waals surface area contributed by atoms with E-state index < -0.39 is 11.6 Å². The summed E-state index contributed by atoms with van der Waals surface area (Å²) in [5, 5.41) is 0. The minimum atomic E-state index is -0.412. The Hall–Kier alpha value is -2.22. The zero-order valence-electron chi connectivity index (χ0n) is 13.8. The summed E-state index contributed by atoms with van der Waals surface area (Å²) in [7, 11) is 0. The van der Waals surface area contributed by atoms with Crippen molar-refractivity contribution in [2.45, 2.75) is 38.0 Å². The van der Waals surface area contributed by atoms with Gasteiger partial charge in [-0.05, 0) is 72.4 Å². The third kappa shape index (κ3) is 3.33. The Labute approximate surface area is 142 Å². The molecule has 0 aromatic heterocycles. The first-order chi connectivity index (χ1) is 11.6. The molecule has 2 aromatic carbocycles. The fourth-order valence-corrected chi connectivity index (χ4v) is 3.59. The quantitative estimate of drug-likeness (QED) is 0.592. The lowest BCUT2D eigenvalue weighted by molar-refractivity contribution is 0.490. The second-order valence-corrected chi connectivity index (χ2v) is 6.47. The molecule has 0 fully saturated rings. The first kappa shape index (κ1) is 16.6. The predicted molar refractivity (Wildman–Crippen MR) is 96.2 cm³/mol. The fraction of sp³-hybridized carbons (Fsp3) is 0.273. The number of benzene rings is 2.